The van der Waals surface area contributed by atoms with E-state index >= 15 is 0 Å². The molecule has 16 rings (SSSR count). The maximum Gasteiger partial charge on any atom is 1.00 e. The van der Waals surface area contributed by atoms with E-state index in [9.17, 15) is 80.0 Å². The number of carbonyl (C=O) groups is 8. The fraction of sp³-hybridized carbons (Fsp3) is 0.323. The van der Waals surface area contributed by atoms with Crippen molar-refractivity contribution in [2.75, 3.05) is 20.8 Å². The van der Waals surface area contributed by atoms with Crippen LogP contribution in [0, 0.1) is 43.0 Å². The van der Waals surface area contributed by atoms with Crippen LogP contribution >= 0.6 is 0 Å². The first-order valence-electron chi connectivity index (χ1n) is 43.7. The summed E-state index contributed by atoms with van der Waals surface area (Å²) in [5.41, 5.74) is 29.2. The van der Waals surface area contributed by atoms with Gasteiger partial charge in [0.2, 0.25) is 5.69 Å². The van der Waals surface area contributed by atoms with Crippen molar-refractivity contribution < 1.29 is 192 Å². The van der Waals surface area contributed by atoms with Gasteiger partial charge in [-0.05, 0) is 161 Å². The maximum atomic E-state index is 13.2. The smallest absolute Gasteiger partial charge is 1.00 e. The van der Waals surface area contributed by atoms with Crippen LogP contribution in [0.3, 0.4) is 0 Å². The van der Waals surface area contributed by atoms with Crippen LogP contribution in [0.1, 0.15) is 185 Å². The van der Waals surface area contributed by atoms with Gasteiger partial charge in [0.05, 0.1) is 109 Å². The average molecular weight is 2180 g/mol. The van der Waals surface area contributed by atoms with Gasteiger partial charge >= 0.3 is 77.7 Å². The summed E-state index contributed by atoms with van der Waals surface area (Å²) in [5.74, 6) is -2.68. The van der Waals surface area contributed by atoms with E-state index in [0.717, 1.165) is 125 Å². The first-order chi connectivity index (χ1) is 65.8. The van der Waals surface area contributed by atoms with E-state index in [1.807, 2.05) is 36.4 Å². The van der Waals surface area contributed by atoms with Gasteiger partial charge in [0.25, 0.3) is 11.8 Å². The number of carboxylic acid groups (broad SMARTS) is 3. The van der Waals surface area contributed by atoms with Crippen LogP contribution in [0.25, 0.3) is 93.8 Å². The number of azide groups is 2. The Labute approximate surface area is 845 Å². The quantitative estimate of drug-likeness (QED) is 0.00356. The van der Waals surface area contributed by atoms with Gasteiger partial charge in [0.15, 0.2) is 11.7 Å². The number of amides is 2. The van der Waals surface area contributed by atoms with E-state index in [-0.39, 0.29) is 127 Å². The molecule has 7 aromatic heterocycles. The minimum atomic E-state index is -5.03. The molecule has 139 heavy (non-hydrogen) atoms. The summed E-state index contributed by atoms with van der Waals surface area (Å²) in [6.45, 7) is 1.50. The third-order valence-corrected chi connectivity index (χ3v) is 22.4. The number of nitrogens with one attached hydrogen (secondary N) is 2. The van der Waals surface area contributed by atoms with E-state index in [4.69, 9.17) is 46.7 Å². The van der Waals surface area contributed by atoms with Crippen LogP contribution in [0.2, 0.25) is 0 Å². The first-order valence-corrected chi connectivity index (χ1v) is 42.5. The van der Waals surface area contributed by atoms with E-state index in [1.54, 1.807) is 123 Å². The van der Waals surface area contributed by atoms with Crippen molar-refractivity contribution in [3.63, 3.8) is 0 Å². The van der Waals surface area contributed by atoms with Crippen LogP contribution < -0.4 is 58.3 Å². The monoisotopic (exact) mass is 2180 g/mol. The number of aliphatic carboxylic acids is 1. The van der Waals surface area contributed by atoms with Crippen molar-refractivity contribution in [1.82, 2.24) is 54.3 Å². The molecule has 7 heterocycles. The summed E-state index contributed by atoms with van der Waals surface area (Å²) in [5, 5.41) is 47.1. The van der Waals surface area contributed by atoms with Crippen LogP contribution in [0.15, 0.2) is 207 Å². The van der Waals surface area contributed by atoms with Crippen molar-refractivity contribution in [1.29, 1.82) is 2.67 Å². The van der Waals surface area contributed by atoms with Gasteiger partial charge in [-0.2, -0.15) is 26.3 Å². The Morgan fingerprint density at radius 1 is 0.561 bits per heavy atom. The number of benzene rings is 6. The Morgan fingerprint density at radius 2 is 0.935 bits per heavy atom. The van der Waals surface area contributed by atoms with Crippen molar-refractivity contribution in [3.8, 4) is 51.7 Å². The number of carbonyl (C=O) groups excluding carboxylic acids is 5. The molecule has 3 aliphatic carbocycles. The number of ether oxygens (including phenoxy) is 3. The molecule has 3 saturated carbocycles. The molecule has 3 aliphatic rings. The standard InChI is InChI=1S/C31H27F3N6O6.C28H28N6O4.C18H18N2O3.C10H12N4O2.C6H5F3O2.BH2.ClH.Na.H2O.U/c32-31(33,34)26-25(30(44)45)40(38-37-26)21-9-6-17(7-10-21)14-23(29(42)43)36-28(41)18-8-11-24-22(15-18)35-27(19-12-13-46-16-19)39(24)20-4-2-1-3-5-20;1-37-28(36)24(15-18-7-10-21(11-8-18)32-33-29)31-27(35)19-9-12-25-23(16-19)30-26(20-13-14-38-17-20)34(25)22-5-3-2-4-6-22;21-18(22)12-6-7-16-15(10-12)19-17(13-8-9-23-11-13)20(16)14-4-2-1-3-5-14;1-16-10(15)9(11)6-7-2-4-8(5-3-7)13-14-12;1-2-11-5(10)3-4-6(7,8)9;;;;;/h6-13,15-16,20,23H,1-5,14H2,(H,36,41)(H,42,43)(H,44,45);7-14,16-17,22,24H,2-6,15H2,1H3,(H,31,35);6-11,14H,1-5H2,(H,21,22);2-5,9H,6,11H2,1H3;2H2,1H3;1H2;1H;;1H2;/q;;;;;;;+1;;/p-1/t23-;24-;;9-;;;;;;/m00.0....../s1/i;;;;;1T2;;;;. The van der Waals surface area contributed by atoms with E-state index in [1.165, 1.54) is 96.3 Å². The molecular formula is C93H94BClF6N18NaO18U. The number of quaternary nitrogens is 1. The molecule has 2 amide bonds. The van der Waals surface area contributed by atoms with E-state index < -0.39 is 83.5 Å². The van der Waals surface area contributed by atoms with Gasteiger partial charge in [-0.15, -0.1) is 5.10 Å². The number of alkyl halides is 6. The Morgan fingerprint density at radius 3 is 1.28 bits per heavy atom. The van der Waals surface area contributed by atoms with Crippen LogP contribution in [0.5, 0.6) is 0 Å². The summed E-state index contributed by atoms with van der Waals surface area (Å²) in [6, 6.07) is 38.8. The topological polar surface area (TPSA) is 528 Å². The molecule has 0 spiro atoms. The Balaban J connectivity index is 0.000000254. The molecular weight excluding hydrogens is 2080 g/mol. The van der Waals surface area contributed by atoms with Gasteiger partial charge in [-0.3, -0.25) is 9.59 Å². The molecule has 0 bridgehead atoms. The molecule has 6 aromatic carbocycles. The summed E-state index contributed by atoms with van der Waals surface area (Å²) in [6.07, 6.45) is 17.9. The van der Waals surface area contributed by atoms with Crippen LogP contribution in [0.4, 0.5) is 37.7 Å². The average Bonchev–Trinajstić information content (AvgIpc) is 1.64. The molecule has 0 aliphatic heterocycles. The molecule has 13 aromatic rings. The number of fused-ring (bicyclic) bond motifs is 3. The molecule has 1 radical (unpaired) electrons. The molecule has 9 N–H and O–H groups in total. The number of halogens is 7. The van der Waals surface area contributed by atoms with Crippen molar-refractivity contribution in [2.24, 2.45) is 10.2 Å². The van der Waals surface area contributed by atoms with Gasteiger partial charge in [-0.25, -0.2) is 48.4 Å². The maximum absolute atomic E-state index is 13.2. The number of imidazole rings is 3. The minimum Gasteiger partial charge on any atom is -1.00 e. The van der Waals surface area contributed by atoms with Gasteiger partial charge < -0.3 is 90.7 Å². The Hall–Kier alpha value is -13.4. The number of hydrogen-bond donors (Lipinski definition) is 6. The second kappa shape index (κ2) is 52.9. The fourth-order valence-corrected chi connectivity index (χ4v) is 16.1. The van der Waals surface area contributed by atoms with Crippen LogP contribution in [-0.2, 0) is 58.8 Å². The number of nitrogens with zero attached hydrogens (tertiary/aromatic N) is 15. The molecule has 46 heteroatoms. The largest absolute Gasteiger partial charge is 1.00 e. The Kier molecular flexibility index (Phi) is 41.6. The molecule has 3 fully saturated rings. The Bertz CT molecular complexity index is 6540. The van der Waals surface area contributed by atoms with Crippen molar-refractivity contribution >= 4 is 100 Å². The molecule has 3 atom stereocenters. The number of aromatic carboxylic acids is 2. The first kappa shape index (κ1) is 109. The van der Waals surface area contributed by atoms with Crippen molar-refractivity contribution in [2.45, 2.75) is 171 Å². The number of carboxylic acids is 3. The summed E-state index contributed by atoms with van der Waals surface area (Å²) < 4.78 is 122. The molecule has 721 valence electrons. The molecule has 0 unspecified atom stereocenters. The zero-order valence-electron chi connectivity index (χ0n) is 77.4. The van der Waals surface area contributed by atoms with E-state index in [0.29, 0.717) is 65.1 Å². The number of hydrogen-bond acceptors (Lipinski definition) is 22. The SMILES string of the molecule is CCOC(=O)C#CC(F)(F)F.COC(=O)[C@@H]([NH3+])Cc1ccc(N=[N+]=[N-])cc1.COC(=O)[C@H](Cc1ccc(N=[N+]=[N-])cc1)NC(=O)c1ccc2c(c1)nc(-c1ccoc1)n2C1CCCCC1.O=C(N[C@@H](Cc1ccc(-n2nnc(C(F)(F)F)c2C(=O)O)cc1)C(=O)O)c1ccc2c(c1)nc(-c1ccoc1)n2C1CCCCC1.O=C(O)c1ccc2c(c1)nc(-c1ccoc1)n2C1CCCCC1.[3H][B][3H].[Cl-].[Na+].[OH-].[U]. The number of esters is 3. The predicted octanol–water partition coefficient (Wildman–Crippen LogP) is 11.3. The molecule has 0 saturated heterocycles. The number of furan rings is 3. The normalized spacial score (nSPS) is 13.7. The fourth-order valence-electron chi connectivity index (χ4n) is 16.1. The zero-order chi connectivity index (χ0) is 98.5. The third kappa shape index (κ3) is 29.8. The number of methoxy groups -OCH3 is 2. The zero-order valence-corrected chi connectivity index (χ0v) is 82.3. The van der Waals surface area contributed by atoms with Gasteiger partial charge in [0, 0.05) is 113 Å². The minimum absolute atomic E-state index is 0. The predicted molar refractivity (Wildman–Crippen MR) is 482 cm³/mol. The van der Waals surface area contributed by atoms with Gasteiger partial charge in [0.1, 0.15) is 48.3 Å². The number of rotatable bonds is 25. The second-order valence-corrected chi connectivity index (χ2v) is 31.3. The molecule has 36 nitrogen and oxygen atoms in total. The van der Waals surface area contributed by atoms with Crippen molar-refractivity contribution in [3.05, 3.63) is 249 Å². The second-order valence-electron chi connectivity index (χ2n) is 31.3. The summed E-state index contributed by atoms with van der Waals surface area (Å²) >= 11 is 0. The number of aromatic nitrogens is 9. The van der Waals surface area contributed by atoms with Crippen LogP contribution in [-0.4, -0.2) is 168 Å². The van der Waals surface area contributed by atoms with E-state index in [2.05, 4.69) is 69.9 Å². The summed E-state index contributed by atoms with van der Waals surface area (Å²) in [7, 11) is 3.12. The van der Waals surface area contributed by atoms with Gasteiger partial charge in [-0.1, -0.05) is 134 Å². The third-order valence-electron chi connectivity index (χ3n) is 22.4. The summed E-state index contributed by atoms with van der Waals surface area (Å²) in [4.78, 5) is 115.